The van der Waals surface area contributed by atoms with Gasteiger partial charge in [-0.15, -0.1) is 0 Å². The molecular weight excluding hydrogens is 261 g/mol. The third-order valence-electron chi connectivity index (χ3n) is 2.89. The van der Waals surface area contributed by atoms with E-state index in [9.17, 15) is 18.0 Å². The fraction of sp³-hybridized carbons (Fsp3) is 0.417. The fourth-order valence-electron chi connectivity index (χ4n) is 1.68. The van der Waals surface area contributed by atoms with E-state index in [1.807, 2.05) is 0 Å². The summed E-state index contributed by atoms with van der Waals surface area (Å²) in [5, 5.41) is 2.42. The first kappa shape index (κ1) is 13.5. The number of rotatable bonds is 0. The molecule has 7 heteroatoms. The first-order valence-electron chi connectivity index (χ1n) is 5.56. The lowest BCUT2D eigenvalue weighted by Crippen LogP contribution is -2.33. The number of anilines is 2. The highest BCUT2D eigenvalue weighted by Gasteiger charge is 2.36. The molecular formula is C12H13F3N2O2. The molecule has 4 nitrogen and oxygen atoms in total. The van der Waals surface area contributed by atoms with Gasteiger partial charge in [-0.3, -0.25) is 4.79 Å². The molecule has 0 saturated heterocycles. The maximum absolute atomic E-state index is 12.7. The van der Waals surface area contributed by atoms with Gasteiger partial charge >= 0.3 is 6.18 Å². The van der Waals surface area contributed by atoms with E-state index in [0.717, 1.165) is 12.1 Å². The maximum atomic E-state index is 12.7. The van der Waals surface area contributed by atoms with E-state index < -0.39 is 23.1 Å². The highest BCUT2D eigenvalue weighted by molar-refractivity contribution is 5.98. The summed E-state index contributed by atoms with van der Waals surface area (Å²) in [4.78, 5) is 11.9. The molecule has 0 aliphatic carbocycles. The topological polar surface area (TPSA) is 64.3 Å². The van der Waals surface area contributed by atoms with Gasteiger partial charge in [0.1, 0.15) is 6.61 Å². The summed E-state index contributed by atoms with van der Waals surface area (Å²) < 4.78 is 43.4. The highest BCUT2D eigenvalue weighted by atomic mass is 19.4. The minimum atomic E-state index is -4.53. The number of alkyl halides is 3. The second kappa shape index (κ2) is 4.04. The van der Waals surface area contributed by atoms with Crippen molar-refractivity contribution in [2.45, 2.75) is 20.0 Å². The van der Waals surface area contributed by atoms with E-state index in [1.54, 1.807) is 13.8 Å². The SMILES string of the molecule is CC1(C)COc2c(N)cc(C(F)(F)F)cc2NC1=O. The molecule has 0 aromatic heterocycles. The first-order valence-corrected chi connectivity index (χ1v) is 5.56. The van der Waals surface area contributed by atoms with Gasteiger partial charge < -0.3 is 15.8 Å². The van der Waals surface area contributed by atoms with Gasteiger partial charge in [-0.05, 0) is 26.0 Å². The highest BCUT2D eigenvalue weighted by Crippen LogP contribution is 2.41. The van der Waals surface area contributed by atoms with Gasteiger partial charge in [0, 0.05) is 0 Å². The largest absolute Gasteiger partial charge is 0.488 e. The molecule has 1 aliphatic heterocycles. The van der Waals surface area contributed by atoms with Gasteiger partial charge in [0.2, 0.25) is 5.91 Å². The van der Waals surface area contributed by atoms with Crippen LogP contribution in [0.5, 0.6) is 5.75 Å². The third-order valence-corrected chi connectivity index (χ3v) is 2.89. The standard InChI is InChI=1S/C12H13F3N2O2/c1-11(2)5-19-9-7(16)3-6(12(13,14)15)4-8(9)17-10(11)18/h3-4H,5,16H2,1-2H3,(H,17,18). The number of benzene rings is 1. The van der Waals surface area contributed by atoms with Crippen LogP contribution in [0.2, 0.25) is 0 Å². The molecule has 2 rings (SSSR count). The maximum Gasteiger partial charge on any atom is 0.416 e. The lowest BCUT2D eigenvalue weighted by atomic mass is 9.94. The smallest absolute Gasteiger partial charge is 0.416 e. The zero-order valence-electron chi connectivity index (χ0n) is 10.4. The van der Waals surface area contributed by atoms with Crippen molar-refractivity contribution in [3.8, 4) is 5.75 Å². The Balaban J connectivity index is 2.52. The van der Waals surface area contributed by atoms with Crippen LogP contribution in [0.4, 0.5) is 24.5 Å². The average molecular weight is 274 g/mol. The van der Waals surface area contributed by atoms with Crippen molar-refractivity contribution in [2.75, 3.05) is 17.7 Å². The van der Waals surface area contributed by atoms with E-state index in [0.29, 0.717) is 0 Å². The molecule has 0 bridgehead atoms. The number of ether oxygens (including phenoxy) is 1. The second-order valence-electron chi connectivity index (χ2n) is 5.07. The normalized spacial score (nSPS) is 18.1. The van der Waals surface area contributed by atoms with Gasteiger partial charge in [0.15, 0.2) is 5.75 Å². The number of carbonyl (C=O) groups excluding carboxylic acids is 1. The Hall–Kier alpha value is -1.92. The Morgan fingerprint density at radius 1 is 1.37 bits per heavy atom. The van der Waals surface area contributed by atoms with Gasteiger partial charge in [0.25, 0.3) is 0 Å². The molecule has 1 aromatic carbocycles. The van der Waals surface area contributed by atoms with Crippen LogP contribution in [0.25, 0.3) is 0 Å². The third kappa shape index (κ3) is 2.45. The summed E-state index contributed by atoms with van der Waals surface area (Å²) in [6.45, 7) is 3.31. The monoisotopic (exact) mass is 274 g/mol. The Bertz CT molecular complexity index is 539. The minimum absolute atomic E-state index is 0.0431. The Kier molecular flexibility index (Phi) is 2.87. The summed E-state index contributed by atoms with van der Waals surface area (Å²) in [6.07, 6.45) is -4.53. The zero-order valence-corrected chi connectivity index (χ0v) is 10.4. The number of fused-ring (bicyclic) bond motifs is 1. The van der Waals surface area contributed by atoms with Crippen molar-refractivity contribution in [1.82, 2.24) is 0 Å². The lowest BCUT2D eigenvalue weighted by Gasteiger charge is -2.18. The average Bonchev–Trinajstić information content (AvgIpc) is 2.36. The van der Waals surface area contributed by atoms with Crippen molar-refractivity contribution in [2.24, 2.45) is 5.41 Å². The fourth-order valence-corrected chi connectivity index (χ4v) is 1.68. The van der Waals surface area contributed by atoms with Crippen molar-refractivity contribution in [3.63, 3.8) is 0 Å². The summed E-state index contributed by atoms with van der Waals surface area (Å²) in [5.41, 5.74) is 3.60. The second-order valence-corrected chi connectivity index (χ2v) is 5.07. The van der Waals surface area contributed by atoms with Crippen LogP contribution in [-0.2, 0) is 11.0 Å². The quantitative estimate of drug-likeness (QED) is 0.715. The number of amides is 1. The van der Waals surface area contributed by atoms with E-state index >= 15 is 0 Å². The molecule has 1 heterocycles. The zero-order chi connectivity index (χ0) is 14.4. The van der Waals surface area contributed by atoms with E-state index in [4.69, 9.17) is 10.5 Å². The van der Waals surface area contributed by atoms with Crippen LogP contribution in [-0.4, -0.2) is 12.5 Å². The van der Waals surface area contributed by atoms with Crippen molar-refractivity contribution in [3.05, 3.63) is 17.7 Å². The number of carbonyl (C=O) groups is 1. The molecule has 0 fully saturated rings. The Morgan fingerprint density at radius 2 is 2.00 bits per heavy atom. The van der Waals surface area contributed by atoms with Gasteiger partial charge in [0.05, 0.1) is 22.4 Å². The van der Waals surface area contributed by atoms with Crippen LogP contribution in [0.1, 0.15) is 19.4 Å². The molecule has 0 radical (unpaired) electrons. The first-order chi connectivity index (χ1) is 8.61. The van der Waals surface area contributed by atoms with Crippen molar-refractivity contribution in [1.29, 1.82) is 0 Å². The van der Waals surface area contributed by atoms with E-state index in [2.05, 4.69) is 5.32 Å². The van der Waals surface area contributed by atoms with Gasteiger partial charge in [-0.2, -0.15) is 13.2 Å². The molecule has 0 saturated carbocycles. The van der Waals surface area contributed by atoms with Crippen LogP contribution in [0, 0.1) is 5.41 Å². The molecule has 0 unspecified atom stereocenters. The Morgan fingerprint density at radius 3 is 2.58 bits per heavy atom. The molecule has 1 aliphatic rings. The lowest BCUT2D eigenvalue weighted by molar-refractivity contribution is -0.137. The van der Waals surface area contributed by atoms with Gasteiger partial charge in [-0.1, -0.05) is 0 Å². The van der Waals surface area contributed by atoms with Crippen LogP contribution in [0.3, 0.4) is 0 Å². The number of halogens is 3. The van der Waals surface area contributed by atoms with Crippen molar-refractivity contribution >= 4 is 17.3 Å². The predicted molar refractivity (Wildman–Crippen MR) is 63.8 cm³/mol. The van der Waals surface area contributed by atoms with Crippen molar-refractivity contribution < 1.29 is 22.7 Å². The van der Waals surface area contributed by atoms with Crippen LogP contribution >= 0.6 is 0 Å². The van der Waals surface area contributed by atoms with Crippen LogP contribution < -0.4 is 15.8 Å². The summed E-state index contributed by atoms with van der Waals surface area (Å²) in [6, 6.07) is 1.62. The molecule has 1 aromatic rings. The molecule has 104 valence electrons. The minimum Gasteiger partial charge on any atom is -0.488 e. The molecule has 3 N–H and O–H groups in total. The molecule has 0 atom stereocenters. The van der Waals surface area contributed by atoms with Crippen LogP contribution in [0.15, 0.2) is 12.1 Å². The van der Waals surface area contributed by atoms with E-state index in [-0.39, 0.29) is 23.7 Å². The number of nitrogen functional groups attached to an aromatic ring is 1. The molecule has 19 heavy (non-hydrogen) atoms. The molecule has 0 spiro atoms. The Labute approximate surface area is 107 Å². The van der Waals surface area contributed by atoms with E-state index in [1.165, 1.54) is 0 Å². The van der Waals surface area contributed by atoms with Gasteiger partial charge in [-0.25, -0.2) is 0 Å². The number of hydrogen-bond acceptors (Lipinski definition) is 3. The number of hydrogen-bond donors (Lipinski definition) is 2. The number of nitrogens with two attached hydrogens (primary N) is 1. The molecule has 1 amide bonds. The summed E-state index contributed by atoms with van der Waals surface area (Å²) in [7, 11) is 0. The summed E-state index contributed by atoms with van der Waals surface area (Å²) >= 11 is 0. The predicted octanol–water partition coefficient (Wildman–Crippen LogP) is 2.64. The number of nitrogens with one attached hydrogen (secondary N) is 1. The summed E-state index contributed by atoms with van der Waals surface area (Å²) in [5.74, 6) is -0.336.